The van der Waals surface area contributed by atoms with Crippen molar-refractivity contribution >= 4 is 44.2 Å². The summed E-state index contributed by atoms with van der Waals surface area (Å²) >= 11 is 7.71. The highest BCUT2D eigenvalue weighted by Gasteiger charge is 2.20. The summed E-state index contributed by atoms with van der Waals surface area (Å²) in [5, 5.41) is 8.71. The number of aromatic nitrogens is 3. The predicted molar refractivity (Wildman–Crippen MR) is 110 cm³/mol. The Morgan fingerprint density at radius 1 is 1.15 bits per heavy atom. The standard InChI is InChI=1S/C20H17ClN4OS/c1-12-18(13(2)25(24-12)11-14-7-3-4-8-15(14)21)19(26)23-20-22-16-9-5-6-10-17(16)27-20/h3-10H,11H2,1-2H3,(H,22,23,26). The largest absolute Gasteiger partial charge is 0.298 e. The summed E-state index contributed by atoms with van der Waals surface area (Å²) in [4.78, 5) is 17.3. The first-order valence-corrected chi connectivity index (χ1v) is 9.66. The minimum atomic E-state index is -0.200. The summed E-state index contributed by atoms with van der Waals surface area (Å²) in [7, 11) is 0. The number of carbonyl (C=O) groups excluding carboxylic acids is 1. The van der Waals surface area contributed by atoms with E-state index in [0.29, 0.717) is 28.0 Å². The number of nitrogens with zero attached hydrogens (tertiary/aromatic N) is 3. The lowest BCUT2D eigenvalue weighted by Gasteiger charge is -2.07. The van der Waals surface area contributed by atoms with Crippen LogP contribution >= 0.6 is 22.9 Å². The summed E-state index contributed by atoms with van der Waals surface area (Å²) in [5.74, 6) is -0.200. The third-order valence-corrected chi connectivity index (χ3v) is 5.72. The molecule has 0 fully saturated rings. The highest BCUT2D eigenvalue weighted by molar-refractivity contribution is 7.22. The van der Waals surface area contributed by atoms with E-state index in [1.54, 1.807) is 0 Å². The number of amides is 1. The van der Waals surface area contributed by atoms with Gasteiger partial charge in [-0.3, -0.25) is 14.8 Å². The summed E-state index contributed by atoms with van der Waals surface area (Å²) < 4.78 is 2.85. The Balaban J connectivity index is 1.60. The Bertz CT molecular complexity index is 1120. The van der Waals surface area contributed by atoms with Gasteiger partial charge in [0.05, 0.1) is 28.0 Å². The SMILES string of the molecule is Cc1nn(Cc2ccccc2Cl)c(C)c1C(=O)Nc1nc2ccccc2s1. The van der Waals surface area contributed by atoms with Gasteiger partial charge in [0.1, 0.15) is 0 Å². The van der Waals surface area contributed by atoms with Gasteiger partial charge in [-0.2, -0.15) is 5.10 Å². The zero-order valence-corrected chi connectivity index (χ0v) is 16.4. The molecule has 0 radical (unpaired) electrons. The second kappa shape index (κ2) is 7.13. The van der Waals surface area contributed by atoms with Gasteiger partial charge in [0.15, 0.2) is 5.13 Å². The highest BCUT2D eigenvalue weighted by atomic mass is 35.5. The van der Waals surface area contributed by atoms with E-state index in [0.717, 1.165) is 21.5 Å². The van der Waals surface area contributed by atoms with Gasteiger partial charge >= 0.3 is 0 Å². The number of rotatable bonds is 4. The van der Waals surface area contributed by atoms with Gasteiger partial charge in [-0.15, -0.1) is 0 Å². The molecule has 0 unspecified atom stereocenters. The summed E-state index contributed by atoms with van der Waals surface area (Å²) in [6.45, 7) is 4.24. The van der Waals surface area contributed by atoms with Crippen LogP contribution in [-0.4, -0.2) is 20.7 Å². The Morgan fingerprint density at radius 3 is 2.67 bits per heavy atom. The average molecular weight is 397 g/mol. The van der Waals surface area contributed by atoms with Crippen molar-refractivity contribution in [3.05, 3.63) is 76.1 Å². The molecule has 1 amide bonds. The van der Waals surface area contributed by atoms with Crippen molar-refractivity contribution in [3.8, 4) is 0 Å². The van der Waals surface area contributed by atoms with E-state index < -0.39 is 0 Å². The molecule has 0 saturated heterocycles. The number of para-hydroxylation sites is 1. The lowest BCUT2D eigenvalue weighted by molar-refractivity contribution is 0.102. The van der Waals surface area contributed by atoms with E-state index in [1.807, 2.05) is 67.1 Å². The van der Waals surface area contributed by atoms with Crippen LogP contribution in [0.15, 0.2) is 48.5 Å². The van der Waals surface area contributed by atoms with Crippen LogP contribution in [0.25, 0.3) is 10.2 Å². The Morgan fingerprint density at radius 2 is 1.89 bits per heavy atom. The first kappa shape index (κ1) is 17.7. The highest BCUT2D eigenvalue weighted by Crippen LogP contribution is 2.26. The van der Waals surface area contributed by atoms with Crippen molar-refractivity contribution in [2.24, 2.45) is 0 Å². The summed E-state index contributed by atoms with van der Waals surface area (Å²) in [6.07, 6.45) is 0. The molecule has 4 rings (SSSR count). The normalized spacial score (nSPS) is 11.1. The van der Waals surface area contributed by atoms with Crippen LogP contribution in [0.1, 0.15) is 27.3 Å². The number of nitrogens with one attached hydrogen (secondary N) is 1. The topological polar surface area (TPSA) is 59.8 Å². The van der Waals surface area contributed by atoms with Crippen molar-refractivity contribution < 1.29 is 4.79 Å². The number of anilines is 1. The Kier molecular flexibility index (Phi) is 4.68. The Hall–Kier alpha value is -2.70. The number of hydrogen-bond donors (Lipinski definition) is 1. The smallest absolute Gasteiger partial charge is 0.261 e. The van der Waals surface area contributed by atoms with Crippen molar-refractivity contribution in [1.29, 1.82) is 0 Å². The minimum Gasteiger partial charge on any atom is -0.298 e. The molecule has 136 valence electrons. The van der Waals surface area contributed by atoms with Gasteiger partial charge in [-0.05, 0) is 37.6 Å². The first-order valence-electron chi connectivity index (χ1n) is 8.47. The molecule has 0 bridgehead atoms. The molecule has 5 nitrogen and oxygen atoms in total. The van der Waals surface area contributed by atoms with Crippen molar-refractivity contribution in [3.63, 3.8) is 0 Å². The second-order valence-electron chi connectivity index (χ2n) is 6.24. The van der Waals surface area contributed by atoms with Crippen LogP contribution in [0.5, 0.6) is 0 Å². The van der Waals surface area contributed by atoms with Crippen LogP contribution < -0.4 is 5.32 Å². The van der Waals surface area contributed by atoms with Crippen LogP contribution in [0, 0.1) is 13.8 Å². The lowest BCUT2D eigenvalue weighted by Crippen LogP contribution is -2.14. The molecular weight excluding hydrogens is 380 g/mol. The molecule has 0 saturated carbocycles. The molecule has 0 atom stereocenters. The monoisotopic (exact) mass is 396 g/mol. The molecule has 7 heteroatoms. The fourth-order valence-corrected chi connectivity index (χ4v) is 4.11. The fourth-order valence-electron chi connectivity index (χ4n) is 3.05. The number of thiazole rings is 1. The quantitative estimate of drug-likeness (QED) is 0.524. The number of aryl methyl sites for hydroxylation is 1. The molecular formula is C20H17ClN4OS. The zero-order chi connectivity index (χ0) is 19.0. The predicted octanol–water partition coefficient (Wildman–Crippen LogP) is 5.06. The van der Waals surface area contributed by atoms with Gasteiger partial charge in [-0.25, -0.2) is 4.98 Å². The van der Waals surface area contributed by atoms with E-state index >= 15 is 0 Å². The molecule has 0 aliphatic heterocycles. The maximum atomic E-state index is 12.8. The van der Waals surface area contributed by atoms with E-state index in [4.69, 9.17) is 11.6 Å². The number of hydrogen-bond acceptors (Lipinski definition) is 4. The molecule has 4 aromatic rings. The molecule has 0 aliphatic carbocycles. The molecule has 27 heavy (non-hydrogen) atoms. The van der Waals surface area contributed by atoms with E-state index in [-0.39, 0.29) is 5.91 Å². The van der Waals surface area contributed by atoms with Gasteiger partial charge in [0.25, 0.3) is 5.91 Å². The maximum Gasteiger partial charge on any atom is 0.261 e. The third kappa shape index (κ3) is 3.46. The van der Waals surface area contributed by atoms with E-state index in [9.17, 15) is 4.79 Å². The van der Waals surface area contributed by atoms with Crippen molar-refractivity contribution in [2.45, 2.75) is 20.4 Å². The minimum absolute atomic E-state index is 0.200. The fraction of sp³-hybridized carbons (Fsp3) is 0.150. The van der Waals surface area contributed by atoms with Gasteiger partial charge < -0.3 is 0 Å². The van der Waals surface area contributed by atoms with E-state index in [1.165, 1.54) is 11.3 Å². The molecule has 2 aromatic heterocycles. The maximum absolute atomic E-state index is 12.8. The summed E-state index contributed by atoms with van der Waals surface area (Å²) in [6, 6.07) is 15.4. The van der Waals surface area contributed by atoms with Crippen LogP contribution in [0.3, 0.4) is 0 Å². The number of fused-ring (bicyclic) bond motifs is 1. The van der Waals surface area contributed by atoms with Crippen molar-refractivity contribution in [1.82, 2.24) is 14.8 Å². The third-order valence-electron chi connectivity index (χ3n) is 4.40. The van der Waals surface area contributed by atoms with Gasteiger partial charge in [-0.1, -0.05) is 53.3 Å². The van der Waals surface area contributed by atoms with Crippen LogP contribution in [-0.2, 0) is 6.54 Å². The Labute approximate surface area is 165 Å². The number of halogens is 1. The summed E-state index contributed by atoms with van der Waals surface area (Å²) in [5.41, 5.74) is 3.88. The zero-order valence-electron chi connectivity index (χ0n) is 14.9. The van der Waals surface area contributed by atoms with E-state index in [2.05, 4.69) is 15.4 Å². The van der Waals surface area contributed by atoms with Crippen molar-refractivity contribution in [2.75, 3.05) is 5.32 Å². The lowest BCUT2D eigenvalue weighted by atomic mass is 10.2. The molecule has 0 spiro atoms. The molecule has 1 N–H and O–H groups in total. The second-order valence-corrected chi connectivity index (χ2v) is 7.67. The van der Waals surface area contributed by atoms with Gasteiger partial charge in [0.2, 0.25) is 0 Å². The van der Waals surface area contributed by atoms with Crippen LogP contribution in [0.2, 0.25) is 5.02 Å². The molecule has 2 heterocycles. The molecule has 0 aliphatic rings. The molecule has 2 aromatic carbocycles. The van der Waals surface area contributed by atoms with Crippen LogP contribution in [0.4, 0.5) is 5.13 Å². The average Bonchev–Trinajstić information content (AvgIpc) is 3.16. The number of benzene rings is 2. The van der Waals surface area contributed by atoms with Gasteiger partial charge in [0, 0.05) is 10.7 Å². The number of carbonyl (C=O) groups is 1. The first-order chi connectivity index (χ1) is 13.0.